The maximum absolute atomic E-state index is 12.6. The molecule has 1 atom stereocenters. The van der Waals surface area contributed by atoms with Gasteiger partial charge in [-0.2, -0.15) is 0 Å². The summed E-state index contributed by atoms with van der Waals surface area (Å²) in [7, 11) is -3.00. The first-order chi connectivity index (χ1) is 12.8. The molecule has 0 radical (unpaired) electrons. The summed E-state index contributed by atoms with van der Waals surface area (Å²) < 4.78 is 23.6. The highest BCUT2D eigenvalue weighted by atomic mass is 32.2. The molecule has 1 amide bonds. The van der Waals surface area contributed by atoms with Crippen molar-refractivity contribution in [3.63, 3.8) is 0 Å². The second-order valence-electron chi connectivity index (χ2n) is 6.81. The van der Waals surface area contributed by atoms with E-state index in [4.69, 9.17) is 0 Å². The van der Waals surface area contributed by atoms with E-state index in [9.17, 15) is 13.2 Å². The van der Waals surface area contributed by atoms with Crippen molar-refractivity contribution in [1.29, 1.82) is 0 Å². The summed E-state index contributed by atoms with van der Waals surface area (Å²) in [6.07, 6.45) is 1.92. The lowest BCUT2D eigenvalue weighted by Crippen LogP contribution is -2.37. The predicted molar refractivity (Wildman–Crippen MR) is 106 cm³/mol. The molecule has 7 nitrogen and oxygen atoms in total. The van der Waals surface area contributed by atoms with Crippen LogP contribution < -0.4 is 10.2 Å². The quantitative estimate of drug-likeness (QED) is 0.845. The van der Waals surface area contributed by atoms with Gasteiger partial charge in [0.05, 0.1) is 11.5 Å². The SMILES string of the molecule is CCN(c1cc(C(=O)Nc2cccc(C)c2C)ncn1)C1CCS(=O)(=O)C1. The van der Waals surface area contributed by atoms with Gasteiger partial charge in [0.2, 0.25) is 0 Å². The number of anilines is 2. The number of nitrogens with one attached hydrogen (secondary N) is 1. The number of nitrogens with zero attached hydrogens (tertiary/aromatic N) is 3. The Balaban J connectivity index is 1.82. The Labute approximate surface area is 159 Å². The number of amides is 1. The van der Waals surface area contributed by atoms with E-state index in [0.717, 1.165) is 16.8 Å². The number of carbonyl (C=O) groups excluding carboxylic acids is 1. The van der Waals surface area contributed by atoms with Crippen molar-refractivity contribution in [2.75, 3.05) is 28.3 Å². The summed E-state index contributed by atoms with van der Waals surface area (Å²) in [5.41, 5.74) is 3.09. The third-order valence-electron chi connectivity index (χ3n) is 5.02. The number of rotatable bonds is 5. The molecule has 144 valence electrons. The van der Waals surface area contributed by atoms with Crippen molar-refractivity contribution in [3.05, 3.63) is 47.4 Å². The van der Waals surface area contributed by atoms with Gasteiger partial charge in [-0.15, -0.1) is 0 Å². The number of hydrogen-bond donors (Lipinski definition) is 1. The van der Waals surface area contributed by atoms with Crippen LogP contribution in [0.4, 0.5) is 11.5 Å². The van der Waals surface area contributed by atoms with Crippen molar-refractivity contribution >= 4 is 27.2 Å². The van der Waals surface area contributed by atoms with Crippen LogP contribution in [0.2, 0.25) is 0 Å². The van der Waals surface area contributed by atoms with Gasteiger partial charge < -0.3 is 10.2 Å². The van der Waals surface area contributed by atoms with Crippen molar-refractivity contribution in [1.82, 2.24) is 9.97 Å². The van der Waals surface area contributed by atoms with Gasteiger partial charge in [-0.3, -0.25) is 4.79 Å². The zero-order valence-corrected chi connectivity index (χ0v) is 16.6. The van der Waals surface area contributed by atoms with Gasteiger partial charge in [-0.1, -0.05) is 12.1 Å². The molecule has 2 heterocycles. The Morgan fingerprint density at radius 1 is 1.30 bits per heavy atom. The van der Waals surface area contributed by atoms with Crippen LogP contribution in [0.25, 0.3) is 0 Å². The molecule has 1 aliphatic heterocycles. The third-order valence-corrected chi connectivity index (χ3v) is 6.77. The van der Waals surface area contributed by atoms with Gasteiger partial charge in [0.1, 0.15) is 17.8 Å². The van der Waals surface area contributed by atoms with E-state index in [2.05, 4.69) is 15.3 Å². The molecule has 1 unspecified atom stereocenters. The molecular formula is C19H24N4O3S. The average Bonchev–Trinajstić information content (AvgIpc) is 2.99. The van der Waals surface area contributed by atoms with Crippen molar-refractivity contribution in [2.45, 2.75) is 33.2 Å². The van der Waals surface area contributed by atoms with Crippen LogP contribution >= 0.6 is 0 Å². The summed E-state index contributed by atoms with van der Waals surface area (Å²) in [6, 6.07) is 7.23. The first-order valence-electron chi connectivity index (χ1n) is 8.97. The van der Waals surface area contributed by atoms with Gasteiger partial charge >= 0.3 is 0 Å². The smallest absolute Gasteiger partial charge is 0.274 e. The van der Waals surface area contributed by atoms with E-state index in [1.807, 2.05) is 43.9 Å². The molecule has 1 saturated heterocycles. The predicted octanol–water partition coefficient (Wildman–Crippen LogP) is 2.36. The lowest BCUT2D eigenvalue weighted by atomic mass is 10.1. The van der Waals surface area contributed by atoms with Crippen molar-refractivity contribution in [3.8, 4) is 0 Å². The van der Waals surface area contributed by atoms with E-state index in [0.29, 0.717) is 18.8 Å². The molecule has 1 aliphatic rings. The van der Waals surface area contributed by atoms with Gasteiger partial charge in [-0.05, 0) is 44.4 Å². The Kier molecular flexibility index (Phi) is 5.46. The molecule has 1 aromatic heterocycles. The van der Waals surface area contributed by atoms with Crippen molar-refractivity contribution in [2.24, 2.45) is 0 Å². The fraction of sp³-hybridized carbons (Fsp3) is 0.421. The van der Waals surface area contributed by atoms with Gasteiger partial charge in [0.25, 0.3) is 5.91 Å². The molecule has 0 spiro atoms. The van der Waals surface area contributed by atoms with E-state index < -0.39 is 9.84 Å². The molecule has 1 aromatic carbocycles. The number of sulfone groups is 1. The largest absolute Gasteiger partial charge is 0.353 e. The number of aryl methyl sites for hydroxylation is 1. The molecule has 0 saturated carbocycles. The Morgan fingerprint density at radius 3 is 2.74 bits per heavy atom. The Hall–Kier alpha value is -2.48. The van der Waals surface area contributed by atoms with Crippen LogP contribution in [-0.2, 0) is 9.84 Å². The molecule has 0 bridgehead atoms. The minimum absolute atomic E-state index is 0.120. The molecule has 2 aromatic rings. The maximum Gasteiger partial charge on any atom is 0.274 e. The number of benzene rings is 1. The zero-order chi connectivity index (χ0) is 19.6. The monoisotopic (exact) mass is 388 g/mol. The average molecular weight is 388 g/mol. The second kappa shape index (κ2) is 7.64. The van der Waals surface area contributed by atoms with Gasteiger partial charge in [-0.25, -0.2) is 18.4 Å². The summed E-state index contributed by atoms with van der Waals surface area (Å²) in [6.45, 7) is 6.50. The number of aromatic nitrogens is 2. The molecule has 8 heteroatoms. The van der Waals surface area contributed by atoms with Crippen molar-refractivity contribution < 1.29 is 13.2 Å². The Morgan fingerprint density at radius 2 is 2.07 bits per heavy atom. The standard InChI is InChI=1S/C19H24N4O3S/c1-4-23(15-8-9-27(25,26)11-15)18-10-17(20-12-21-18)19(24)22-16-7-5-6-13(2)14(16)3/h5-7,10,12,15H,4,8-9,11H2,1-3H3,(H,22,24). The second-order valence-corrected chi connectivity index (χ2v) is 9.03. The molecule has 27 heavy (non-hydrogen) atoms. The lowest BCUT2D eigenvalue weighted by Gasteiger charge is -2.27. The topological polar surface area (TPSA) is 92.3 Å². The molecule has 1 N–H and O–H groups in total. The highest BCUT2D eigenvalue weighted by Gasteiger charge is 2.32. The molecular weight excluding hydrogens is 364 g/mol. The van der Waals surface area contributed by atoms with E-state index in [1.165, 1.54) is 6.33 Å². The van der Waals surface area contributed by atoms with Crippen LogP contribution in [0.15, 0.2) is 30.6 Å². The highest BCUT2D eigenvalue weighted by molar-refractivity contribution is 7.91. The first kappa shape index (κ1) is 19.3. The highest BCUT2D eigenvalue weighted by Crippen LogP contribution is 2.23. The number of carbonyl (C=O) groups is 1. The number of hydrogen-bond acceptors (Lipinski definition) is 6. The third kappa shape index (κ3) is 4.27. The normalized spacial score (nSPS) is 18.3. The molecule has 0 aliphatic carbocycles. The van der Waals surface area contributed by atoms with Gasteiger partial charge in [0.15, 0.2) is 9.84 Å². The minimum atomic E-state index is -3.00. The summed E-state index contributed by atoms with van der Waals surface area (Å²) >= 11 is 0. The van der Waals surface area contributed by atoms with Crippen LogP contribution in [0.1, 0.15) is 35.0 Å². The molecule has 3 rings (SSSR count). The van der Waals surface area contributed by atoms with Crippen LogP contribution in [0.3, 0.4) is 0 Å². The first-order valence-corrected chi connectivity index (χ1v) is 10.8. The van der Waals surface area contributed by atoms with Crippen LogP contribution in [0, 0.1) is 13.8 Å². The fourth-order valence-corrected chi connectivity index (χ4v) is 5.06. The fourth-order valence-electron chi connectivity index (χ4n) is 3.33. The van der Waals surface area contributed by atoms with Crippen LogP contribution in [-0.4, -0.2) is 48.4 Å². The summed E-state index contributed by atoms with van der Waals surface area (Å²) in [5, 5.41) is 2.89. The summed E-state index contributed by atoms with van der Waals surface area (Å²) in [4.78, 5) is 22.9. The lowest BCUT2D eigenvalue weighted by molar-refractivity contribution is 0.102. The summed E-state index contributed by atoms with van der Waals surface area (Å²) in [5.74, 6) is 0.567. The van der Waals surface area contributed by atoms with Gasteiger partial charge in [0, 0.05) is 24.3 Å². The van der Waals surface area contributed by atoms with E-state index >= 15 is 0 Å². The molecule has 1 fully saturated rings. The minimum Gasteiger partial charge on any atom is -0.353 e. The van der Waals surface area contributed by atoms with E-state index in [-0.39, 0.29) is 29.1 Å². The Bertz CT molecular complexity index is 959. The maximum atomic E-state index is 12.6. The van der Waals surface area contributed by atoms with E-state index in [1.54, 1.807) is 6.07 Å². The van der Waals surface area contributed by atoms with Crippen LogP contribution in [0.5, 0.6) is 0 Å². The zero-order valence-electron chi connectivity index (χ0n) is 15.8.